The average molecular weight is 522 g/mol. The molecule has 2 amide bonds. The van der Waals surface area contributed by atoms with Gasteiger partial charge in [0.1, 0.15) is 18.1 Å². The Morgan fingerprint density at radius 2 is 1.70 bits per heavy atom. The van der Waals surface area contributed by atoms with Crippen LogP contribution < -0.4 is 9.47 Å². The second kappa shape index (κ2) is 10.9. The van der Waals surface area contributed by atoms with Gasteiger partial charge in [-0.25, -0.2) is 0 Å². The second-order valence-electron chi connectivity index (χ2n) is 7.84. The highest BCUT2D eigenvalue weighted by Crippen LogP contribution is 2.35. The molecule has 1 aliphatic heterocycles. The van der Waals surface area contributed by atoms with Crippen molar-refractivity contribution in [3.05, 3.63) is 103 Å². The molecule has 3 aromatic rings. The average Bonchev–Trinajstić information content (AvgIpc) is 3.12. The molecule has 11 nitrogen and oxygen atoms in total. The molecular formula is C25H19N3O8S. The summed E-state index contributed by atoms with van der Waals surface area (Å²) in [6.07, 6.45) is 1.56. The van der Waals surface area contributed by atoms with Gasteiger partial charge in [-0.15, -0.1) is 0 Å². The maximum atomic E-state index is 12.7. The van der Waals surface area contributed by atoms with E-state index in [0.29, 0.717) is 11.3 Å². The molecule has 4 rings (SSSR count). The summed E-state index contributed by atoms with van der Waals surface area (Å²) in [5.74, 6) is 0.321. The Labute approximate surface area is 214 Å². The number of ether oxygens (including phenoxy) is 2. The molecule has 0 radical (unpaired) electrons. The number of nitrogens with zero attached hydrogens (tertiary/aromatic N) is 3. The number of rotatable bonds is 9. The fourth-order valence-corrected chi connectivity index (χ4v) is 4.28. The van der Waals surface area contributed by atoms with E-state index in [9.17, 15) is 29.8 Å². The number of nitro benzene ring substituents is 2. The molecular weight excluding hydrogens is 502 g/mol. The second-order valence-corrected chi connectivity index (χ2v) is 8.83. The zero-order valence-electron chi connectivity index (χ0n) is 19.4. The van der Waals surface area contributed by atoms with Gasteiger partial charge in [-0.3, -0.25) is 34.7 Å². The minimum atomic E-state index is -0.765. The van der Waals surface area contributed by atoms with Crippen LogP contribution in [0.25, 0.3) is 6.08 Å². The monoisotopic (exact) mass is 521 g/mol. The SMILES string of the molecule is Cc1cccc(OCCN2C(=O)S/C(=C\c3ccc(Oc4ccc([N+](=O)[O-])cc4[N+](=O)[O-])cc3)C2=O)c1. The highest BCUT2D eigenvalue weighted by atomic mass is 32.2. The Kier molecular flexibility index (Phi) is 7.49. The predicted molar refractivity (Wildman–Crippen MR) is 136 cm³/mol. The first kappa shape index (κ1) is 25.4. The van der Waals surface area contributed by atoms with E-state index < -0.39 is 32.4 Å². The van der Waals surface area contributed by atoms with Gasteiger partial charge in [-0.2, -0.15) is 0 Å². The van der Waals surface area contributed by atoms with E-state index in [4.69, 9.17) is 9.47 Å². The number of hydrogen-bond donors (Lipinski definition) is 0. The topological polar surface area (TPSA) is 142 Å². The van der Waals surface area contributed by atoms with Gasteiger partial charge in [0.15, 0.2) is 0 Å². The molecule has 0 unspecified atom stereocenters. The van der Waals surface area contributed by atoms with E-state index in [0.717, 1.165) is 40.4 Å². The summed E-state index contributed by atoms with van der Waals surface area (Å²) in [6, 6.07) is 16.8. The first-order valence-electron chi connectivity index (χ1n) is 10.9. The molecule has 12 heteroatoms. The Bertz CT molecular complexity index is 1420. The quantitative estimate of drug-likeness (QED) is 0.196. The molecule has 0 N–H and O–H groups in total. The molecule has 0 spiro atoms. The summed E-state index contributed by atoms with van der Waals surface area (Å²) < 4.78 is 11.2. The number of nitro groups is 2. The summed E-state index contributed by atoms with van der Waals surface area (Å²) in [6.45, 7) is 2.21. The third-order valence-electron chi connectivity index (χ3n) is 5.20. The molecule has 1 heterocycles. The lowest BCUT2D eigenvalue weighted by Crippen LogP contribution is -2.32. The van der Waals surface area contributed by atoms with Gasteiger partial charge >= 0.3 is 5.69 Å². The van der Waals surface area contributed by atoms with Crippen molar-refractivity contribution < 1.29 is 28.9 Å². The molecule has 0 saturated carbocycles. The van der Waals surface area contributed by atoms with Crippen LogP contribution >= 0.6 is 11.8 Å². The maximum absolute atomic E-state index is 12.7. The van der Waals surface area contributed by atoms with Crippen molar-refractivity contribution in [2.75, 3.05) is 13.2 Å². The number of imide groups is 1. The Balaban J connectivity index is 1.40. The van der Waals surface area contributed by atoms with Crippen molar-refractivity contribution in [3.63, 3.8) is 0 Å². The minimum Gasteiger partial charge on any atom is -0.492 e. The van der Waals surface area contributed by atoms with Gasteiger partial charge in [-0.05, 0) is 66.2 Å². The van der Waals surface area contributed by atoms with Gasteiger partial charge < -0.3 is 9.47 Å². The molecule has 0 atom stereocenters. The molecule has 0 aromatic heterocycles. The molecule has 37 heavy (non-hydrogen) atoms. The van der Waals surface area contributed by atoms with Gasteiger partial charge in [-0.1, -0.05) is 24.3 Å². The van der Waals surface area contributed by atoms with Crippen molar-refractivity contribution >= 4 is 40.4 Å². The highest BCUT2D eigenvalue weighted by molar-refractivity contribution is 8.18. The van der Waals surface area contributed by atoms with Crippen molar-refractivity contribution in [1.29, 1.82) is 0 Å². The largest absolute Gasteiger partial charge is 0.492 e. The molecule has 1 aliphatic rings. The van der Waals surface area contributed by atoms with Crippen LogP contribution in [-0.4, -0.2) is 39.0 Å². The van der Waals surface area contributed by atoms with Gasteiger partial charge in [0, 0.05) is 6.07 Å². The third-order valence-corrected chi connectivity index (χ3v) is 6.11. The van der Waals surface area contributed by atoms with Crippen molar-refractivity contribution in [2.24, 2.45) is 0 Å². The molecule has 0 aliphatic carbocycles. The lowest BCUT2D eigenvalue weighted by atomic mass is 10.2. The molecule has 3 aromatic carbocycles. The zero-order chi connectivity index (χ0) is 26.5. The van der Waals surface area contributed by atoms with Crippen LogP contribution in [0, 0.1) is 27.2 Å². The number of benzene rings is 3. The van der Waals surface area contributed by atoms with Crippen LogP contribution in [-0.2, 0) is 4.79 Å². The Morgan fingerprint density at radius 1 is 0.946 bits per heavy atom. The summed E-state index contributed by atoms with van der Waals surface area (Å²) in [5.41, 5.74) is 0.671. The van der Waals surface area contributed by atoms with Crippen molar-refractivity contribution in [3.8, 4) is 17.2 Å². The van der Waals surface area contributed by atoms with E-state index in [2.05, 4.69) is 0 Å². The van der Waals surface area contributed by atoms with Crippen LogP contribution in [0.2, 0.25) is 0 Å². The minimum absolute atomic E-state index is 0.108. The van der Waals surface area contributed by atoms with Gasteiger partial charge in [0.25, 0.3) is 16.8 Å². The molecule has 0 bridgehead atoms. The third kappa shape index (κ3) is 6.11. The number of aryl methyl sites for hydroxylation is 1. The maximum Gasteiger partial charge on any atom is 0.318 e. The van der Waals surface area contributed by atoms with Crippen molar-refractivity contribution in [2.45, 2.75) is 6.92 Å². The summed E-state index contributed by atoms with van der Waals surface area (Å²) in [5, 5.41) is 21.8. The number of thioether (sulfide) groups is 1. The van der Waals surface area contributed by atoms with Gasteiger partial charge in [0.2, 0.25) is 5.75 Å². The molecule has 1 fully saturated rings. The molecule has 1 saturated heterocycles. The number of hydrogen-bond acceptors (Lipinski definition) is 9. The number of carbonyl (C=O) groups is 2. The summed E-state index contributed by atoms with van der Waals surface area (Å²) in [7, 11) is 0. The van der Waals surface area contributed by atoms with Crippen LogP contribution in [0.15, 0.2) is 71.6 Å². The number of carbonyl (C=O) groups excluding carboxylic acids is 2. The van der Waals surface area contributed by atoms with Crippen molar-refractivity contribution in [1.82, 2.24) is 4.90 Å². The highest BCUT2D eigenvalue weighted by Gasteiger charge is 2.34. The van der Waals surface area contributed by atoms with Crippen LogP contribution in [0.3, 0.4) is 0 Å². The van der Waals surface area contributed by atoms with E-state index >= 15 is 0 Å². The normalized spacial score (nSPS) is 14.2. The van der Waals surface area contributed by atoms with Crippen LogP contribution in [0.5, 0.6) is 17.2 Å². The standard InChI is InChI=1S/C25H19N3O8S/c1-16-3-2-4-20(13-16)35-12-11-26-24(29)23(37-25(26)30)14-17-5-8-19(9-6-17)36-22-10-7-18(27(31)32)15-21(22)28(33)34/h2-10,13-15H,11-12H2,1H3/b23-14-. The lowest BCUT2D eigenvalue weighted by molar-refractivity contribution is -0.394. The fraction of sp³-hybridized carbons (Fsp3) is 0.120. The lowest BCUT2D eigenvalue weighted by Gasteiger charge is -2.13. The predicted octanol–water partition coefficient (Wildman–Crippen LogP) is 5.72. The molecule has 188 valence electrons. The Morgan fingerprint density at radius 3 is 2.38 bits per heavy atom. The zero-order valence-corrected chi connectivity index (χ0v) is 20.2. The summed E-state index contributed by atoms with van der Waals surface area (Å²) >= 11 is 0.823. The summed E-state index contributed by atoms with van der Waals surface area (Å²) in [4.78, 5) is 47.1. The van der Waals surface area contributed by atoms with E-state index in [1.54, 1.807) is 24.3 Å². The van der Waals surface area contributed by atoms with E-state index in [1.165, 1.54) is 12.1 Å². The first-order chi connectivity index (χ1) is 17.7. The fourth-order valence-electron chi connectivity index (χ4n) is 3.41. The van der Waals surface area contributed by atoms with Crippen LogP contribution in [0.4, 0.5) is 16.2 Å². The van der Waals surface area contributed by atoms with E-state index in [1.807, 2.05) is 25.1 Å². The van der Waals surface area contributed by atoms with E-state index in [-0.39, 0.29) is 29.6 Å². The van der Waals surface area contributed by atoms with Crippen LogP contribution in [0.1, 0.15) is 11.1 Å². The first-order valence-corrected chi connectivity index (χ1v) is 11.7. The smallest absolute Gasteiger partial charge is 0.318 e. The van der Waals surface area contributed by atoms with Gasteiger partial charge in [0.05, 0.1) is 27.4 Å². The Hall–Kier alpha value is -4.71. The number of non-ortho nitro benzene ring substituents is 1. The number of amides is 2.